The third kappa shape index (κ3) is 3.61. The lowest BCUT2D eigenvalue weighted by molar-refractivity contribution is -0.137. The van der Waals surface area contributed by atoms with Crippen LogP contribution in [0.3, 0.4) is 0 Å². The lowest BCUT2D eigenvalue weighted by atomic mass is 10.2. The molecule has 0 aliphatic carbocycles. The van der Waals surface area contributed by atoms with Gasteiger partial charge in [0.15, 0.2) is 0 Å². The summed E-state index contributed by atoms with van der Waals surface area (Å²) in [4.78, 5) is 0. The van der Waals surface area contributed by atoms with E-state index in [0.29, 0.717) is 13.2 Å². The number of ether oxygens (including phenoxy) is 2. The van der Waals surface area contributed by atoms with Crippen molar-refractivity contribution in [2.24, 2.45) is 0 Å². The van der Waals surface area contributed by atoms with Crippen molar-refractivity contribution in [2.75, 3.05) is 26.3 Å². The molecule has 0 radical (unpaired) electrons. The van der Waals surface area contributed by atoms with Crippen LogP contribution in [-0.2, 0) is 10.9 Å². The summed E-state index contributed by atoms with van der Waals surface area (Å²) >= 11 is 0. The lowest BCUT2D eigenvalue weighted by Crippen LogP contribution is -2.41. The van der Waals surface area contributed by atoms with Crippen LogP contribution < -0.4 is 10.1 Å². The monoisotopic (exact) mass is 261 g/mol. The molecule has 18 heavy (non-hydrogen) atoms. The first kappa shape index (κ1) is 13.2. The Bertz CT molecular complexity index is 389. The summed E-state index contributed by atoms with van der Waals surface area (Å²) in [6, 6.07) is 4.85. The van der Waals surface area contributed by atoms with E-state index in [-0.39, 0.29) is 18.5 Å². The van der Waals surface area contributed by atoms with E-state index in [0.717, 1.165) is 18.7 Å². The molecule has 1 atom stereocenters. The second-order valence-corrected chi connectivity index (χ2v) is 4.03. The molecule has 0 amide bonds. The Morgan fingerprint density at radius 1 is 1.39 bits per heavy atom. The minimum absolute atomic E-state index is 0.117. The first-order chi connectivity index (χ1) is 8.55. The van der Waals surface area contributed by atoms with E-state index in [1.54, 1.807) is 0 Å². The molecule has 1 unspecified atom stereocenters. The van der Waals surface area contributed by atoms with Crippen molar-refractivity contribution in [2.45, 2.75) is 12.3 Å². The molecule has 1 aliphatic heterocycles. The number of rotatable bonds is 3. The van der Waals surface area contributed by atoms with Gasteiger partial charge in [0, 0.05) is 13.1 Å². The second-order valence-electron chi connectivity index (χ2n) is 4.03. The van der Waals surface area contributed by atoms with Gasteiger partial charge in [-0.15, -0.1) is 0 Å². The maximum Gasteiger partial charge on any atom is 0.416 e. The van der Waals surface area contributed by atoms with Gasteiger partial charge in [0.05, 0.1) is 12.2 Å². The normalized spacial score (nSPS) is 20.7. The first-order valence-corrected chi connectivity index (χ1v) is 5.68. The summed E-state index contributed by atoms with van der Waals surface area (Å²) < 4.78 is 48.1. The zero-order chi connectivity index (χ0) is 13.0. The summed E-state index contributed by atoms with van der Waals surface area (Å²) in [5.41, 5.74) is -0.706. The predicted molar refractivity (Wildman–Crippen MR) is 59.5 cm³/mol. The van der Waals surface area contributed by atoms with Gasteiger partial charge in [0.1, 0.15) is 18.5 Å². The van der Waals surface area contributed by atoms with Crippen LogP contribution >= 0.6 is 0 Å². The van der Waals surface area contributed by atoms with Crippen molar-refractivity contribution >= 4 is 0 Å². The lowest BCUT2D eigenvalue weighted by Gasteiger charge is -2.23. The molecule has 1 aromatic carbocycles. The van der Waals surface area contributed by atoms with Crippen LogP contribution in [0.1, 0.15) is 5.56 Å². The molecule has 6 heteroatoms. The van der Waals surface area contributed by atoms with E-state index in [4.69, 9.17) is 9.47 Å². The Balaban J connectivity index is 1.92. The van der Waals surface area contributed by atoms with Gasteiger partial charge in [-0.05, 0) is 18.2 Å². The summed E-state index contributed by atoms with van der Waals surface area (Å²) in [5.74, 6) is 0.207. The van der Waals surface area contributed by atoms with Crippen LogP contribution in [0.2, 0.25) is 0 Å². The third-order valence-electron chi connectivity index (χ3n) is 2.60. The van der Waals surface area contributed by atoms with Gasteiger partial charge in [0.2, 0.25) is 0 Å². The van der Waals surface area contributed by atoms with E-state index in [9.17, 15) is 13.2 Å². The Kier molecular flexibility index (Phi) is 4.08. The van der Waals surface area contributed by atoms with Crippen molar-refractivity contribution in [1.29, 1.82) is 0 Å². The highest BCUT2D eigenvalue weighted by Crippen LogP contribution is 2.31. The summed E-state index contributed by atoms with van der Waals surface area (Å²) in [6.45, 7) is 2.28. The van der Waals surface area contributed by atoms with Gasteiger partial charge in [-0.1, -0.05) is 6.07 Å². The van der Waals surface area contributed by atoms with Crippen molar-refractivity contribution in [3.63, 3.8) is 0 Å². The molecule has 0 bridgehead atoms. The van der Waals surface area contributed by atoms with Crippen molar-refractivity contribution in [3.05, 3.63) is 29.8 Å². The van der Waals surface area contributed by atoms with Crippen molar-refractivity contribution in [3.8, 4) is 5.75 Å². The topological polar surface area (TPSA) is 30.5 Å². The molecule has 0 spiro atoms. The minimum Gasteiger partial charge on any atom is -0.491 e. The minimum atomic E-state index is -4.34. The van der Waals surface area contributed by atoms with Crippen molar-refractivity contribution in [1.82, 2.24) is 5.32 Å². The fourth-order valence-electron chi connectivity index (χ4n) is 1.68. The Morgan fingerprint density at radius 3 is 2.89 bits per heavy atom. The van der Waals surface area contributed by atoms with Gasteiger partial charge in [-0.2, -0.15) is 13.2 Å². The molecule has 1 aliphatic rings. The third-order valence-corrected chi connectivity index (χ3v) is 2.60. The fraction of sp³-hybridized carbons (Fsp3) is 0.500. The largest absolute Gasteiger partial charge is 0.491 e. The van der Waals surface area contributed by atoms with Crippen LogP contribution in [0.15, 0.2) is 24.3 Å². The van der Waals surface area contributed by atoms with E-state index in [2.05, 4.69) is 5.32 Å². The number of hydrogen-bond donors (Lipinski definition) is 1. The van der Waals surface area contributed by atoms with Crippen molar-refractivity contribution < 1.29 is 22.6 Å². The Morgan fingerprint density at radius 2 is 2.22 bits per heavy atom. The molecule has 1 N–H and O–H groups in total. The number of hydrogen-bond acceptors (Lipinski definition) is 3. The zero-order valence-electron chi connectivity index (χ0n) is 9.67. The molecule has 100 valence electrons. The Hall–Kier alpha value is -1.27. The molecule has 1 fully saturated rings. The maximum absolute atomic E-state index is 12.5. The first-order valence-electron chi connectivity index (χ1n) is 5.68. The fourth-order valence-corrected chi connectivity index (χ4v) is 1.68. The molecule has 1 heterocycles. The standard InChI is InChI=1S/C12H14F3NO2/c13-12(14,15)9-2-1-3-10(6-9)18-8-11-7-16-4-5-17-11/h1-3,6,11,16H,4-5,7-8H2. The van der Waals surface area contributed by atoms with Gasteiger partial charge in [-0.3, -0.25) is 0 Å². The highest BCUT2D eigenvalue weighted by atomic mass is 19.4. The quantitative estimate of drug-likeness (QED) is 0.903. The van der Waals surface area contributed by atoms with Gasteiger partial charge in [-0.25, -0.2) is 0 Å². The zero-order valence-corrected chi connectivity index (χ0v) is 9.67. The predicted octanol–water partition coefficient (Wildman–Crippen LogP) is 2.07. The van der Waals surface area contributed by atoms with Crippen LogP contribution in [0.5, 0.6) is 5.75 Å². The SMILES string of the molecule is FC(F)(F)c1cccc(OCC2CNCCO2)c1. The molecule has 2 rings (SSSR count). The number of alkyl halides is 3. The Labute approximate surface area is 103 Å². The summed E-state index contributed by atoms with van der Waals surface area (Å²) in [7, 11) is 0. The number of halogens is 3. The van der Waals surface area contributed by atoms with Gasteiger partial charge < -0.3 is 14.8 Å². The number of nitrogens with one attached hydrogen (secondary N) is 1. The molecule has 3 nitrogen and oxygen atoms in total. The number of benzene rings is 1. The van der Waals surface area contributed by atoms with Crippen LogP contribution in [0.4, 0.5) is 13.2 Å². The summed E-state index contributed by atoms with van der Waals surface area (Å²) in [5, 5.41) is 3.12. The highest BCUT2D eigenvalue weighted by molar-refractivity contribution is 5.30. The maximum atomic E-state index is 12.5. The van der Waals surface area contributed by atoms with Crippen LogP contribution in [0.25, 0.3) is 0 Å². The molecule has 0 saturated carbocycles. The molecule has 1 aromatic rings. The average Bonchev–Trinajstić information content (AvgIpc) is 2.37. The van der Waals surface area contributed by atoms with E-state index < -0.39 is 11.7 Å². The highest BCUT2D eigenvalue weighted by Gasteiger charge is 2.30. The van der Waals surface area contributed by atoms with Crippen LogP contribution in [0, 0.1) is 0 Å². The summed E-state index contributed by atoms with van der Waals surface area (Å²) in [6.07, 6.45) is -4.46. The second kappa shape index (κ2) is 5.58. The van der Waals surface area contributed by atoms with Gasteiger partial charge >= 0.3 is 6.18 Å². The van der Waals surface area contributed by atoms with Crippen LogP contribution in [-0.4, -0.2) is 32.4 Å². The number of morpholine rings is 1. The molecular weight excluding hydrogens is 247 g/mol. The molecular formula is C12H14F3NO2. The van der Waals surface area contributed by atoms with E-state index in [1.165, 1.54) is 12.1 Å². The molecule has 0 aromatic heterocycles. The van der Waals surface area contributed by atoms with E-state index >= 15 is 0 Å². The average molecular weight is 261 g/mol. The van der Waals surface area contributed by atoms with Gasteiger partial charge in [0.25, 0.3) is 0 Å². The van der Waals surface area contributed by atoms with E-state index in [1.807, 2.05) is 0 Å². The smallest absolute Gasteiger partial charge is 0.416 e. The molecule has 1 saturated heterocycles.